The second-order valence-electron chi connectivity index (χ2n) is 3.17. The van der Waals surface area contributed by atoms with Crippen LogP contribution in [-0.4, -0.2) is 29.7 Å². The fourth-order valence-electron chi connectivity index (χ4n) is 1.05. The topological polar surface area (TPSA) is 78.4 Å². The number of carboxylic acids is 1. The van der Waals surface area contributed by atoms with Gasteiger partial charge in [0.2, 0.25) is 0 Å². The molecule has 0 aliphatic carbocycles. The molecule has 0 saturated carbocycles. The molecule has 86 valence electrons. The highest BCUT2D eigenvalue weighted by molar-refractivity contribution is 5.75. The van der Waals surface area contributed by atoms with E-state index in [1.807, 2.05) is 6.92 Å². The highest BCUT2D eigenvalue weighted by Gasteiger charge is 2.08. The van der Waals surface area contributed by atoms with Crippen molar-refractivity contribution < 1.29 is 14.7 Å². The molecule has 5 nitrogen and oxygen atoms in total. The first kappa shape index (κ1) is 13.5. The molecule has 15 heavy (non-hydrogen) atoms. The standard InChI is InChI=1S/C10H18N2O3/c1-3-5-8(4-2)12-10(15)11-7-6-9(13)14/h3,8H,1,4-7H2,2H3,(H,13,14)(H2,11,12,15). The number of aliphatic carboxylic acids is 1. The molecule has 0 saturated heterocycles. The van der Waals surface area contributed by atoms with E-state index in [0.717, 1.165) is 6.42 Å². The Labute approximate surface area is 89.6 Å². The van der Waals surface area contributed by atoms with Gasteiger partial charge >= 0.3 is 12.0 Å². The van der Waals surface area contributed by atoms with E-state index >= 15 is 0 Å². The second-order valence-corrected chi connectivity index (χ2v) is 3.17. The van der Waals surface area contributed by atoms with Crippen LogP contribution in [0, 0.1) is 0 Å². The number of carbonyl (C=O) groups is 2. The number of rotatable bonds is 7. The summed E-state index contributed by atoms with van der Waals surface area (Å²) in [6.45, 7) is 5.70. The van der Waals surface area contributed by atoms with Gasteiger partial charge in [0.25, 0.3) is 0 Å². The van der Waals surface area contributed by atoms with Gasteiger partial charge in [-0.3, -0.25) is 4.79 Å². The lowest BCUT2D eigenvalue weighted by molar-refractivity contribution is -0.136. The van der Waals surface area contributed by atoms with Gasteiger partial charge in [0.15, 0.2) is 0 Å². The van der Waals surface area contributed by atoms with Crippen LogP contribution in [-0.2, 0) is 4.79 Å². The Morgan fingerprint density at radius 1 is 1.53 bits per heavy atom. The fraction of sp³-hybridized carbons (Fsp3) is 0.600. The normalized spacial score (nSPS) is 11.5. The molecule has 0 bridgehead atoms. The van der Waals surface area contributed by atoms with Crippen molar-refractivity contribution in [2.24, 2.45) is 0 Å². The second kappa shape index (κ2) is 7.84. The molecule has 0 aromatic carbocycles. The van der Waals surface area contributed by atoms with Crippen molar-refractivity contribution in [3.63, 3.8) is 0 Å². The Morgan fingerprint density at radius 3 is 2.67 bits per heavy atom. The Bertz CT molecular complexity index is 229. The Balaban J connectivity index is 3.70. The van der Waals surface area contributed by atoms with Gasteiger partial charge in [0.1, 0.15) is 0 Å². The van der Waals surface area contributed by atoms with Crippen LogP contribution >= 0.6 is 0 Å². The number of carboxylic acid groups (broad SMARTS) is 1. The number of urea groups is 1. The zero-order valence-corrected chi connectivity index (χ0v) is 8.95. The molecule has 0 aliphatic heterocycles. The third-order valence-corrected chi connectivity index (χ3v) is 1.90. The average Bonchev–Trinajstić information content (AvgIpc) is 2.16. The van der Waals surface area contributed by atoms with E-state index in [1.54, 1.807) is 6.08 Å². The predicted octanol–water partition coefficient (Wildman–Crippen LogP) is 1.11. The summed E-state index contributed by atoms with van der Waals surface area (Å²) < 4.78 is 0. The van der Waals surface area contributed by atoms with Crippen LogP contribution in [0.5, 0.6) is 0 Å². The molecule has 0 heterocycles. The van der Waals surface area contributed by atoms with E-state index < -0.39 is 5.97 Å². The van der Waals surface area contributed by atoms with E-state index in [1.165, 1.54) is 0 Å². The van der Waals surface area contributed by atoms with E-state index in [9.17, 15) is 9.59 Å². The third kappa shape index (κ3) is 7.54. The lowest BCUT2D eigenvalue weighted by Crippen LogP contribution is -2.42. The van der Waals surface area contributed by atoms with Crippen molar-refractivity contribution >= 4 is 12.0 Å². The Kier molecular flexibility index (Phi) is 7.05. The number of amides is 2. The maximum Gasteiger partial charge on any atom is 0.315 e. The number of hydrogen-bond donors (Lipinski definition) is 3. The Morgan fingerprint density at radius 2 is 2.20 bits per heavy atom. The molecule has 3 N–H and O–H groups in total. The molecule has 0 aliphatic rings. The van der Waals surface area contributed by atoms with Crippen molar-refractivity contribution in [3.8, 4) is 0 Å². The number of carbonyl (C=O) groups excluding carboxylic acids is 1. The molecule has 2 amide bonds. The quantitative estimate of drug-likeness (QED) is 0.555. The maximum absolute atomic E-state index is 11.2. The maximum atomic E-state index is 11.2. The molecule has 0 rings (SSSR count). The first-order valence-electron chi connectivity index (χ1n) is 4.97. The molecule has 1 atom stereocenters. The van der Waals surface area contributed by atoms with Crippen LogP contribution in [0.2, 0.25) is 0 Å². The van der Waals surface area contributed by atoms with Crippen molar-refractivity contribution in [1.29, 1.82) is 0 Å². The summed E-state index contributed by atoms with van der Waals surface area (Å²) in [5.41, 5.74) is 0. The summed E-state index contributed by atoms with van der Waals surface area (Å²) in [6.07, 6.45) is 3.21. The minimum absolute atomic E-state index is 0.0623. The summed E-state index contributed by atoms with van der Waals surface area (Å²) in [7, 11) is 0. The molecule has 0 fully saturated rings. The molecule has 5 heteroatoms. The first-order chi connectivity index (χ1) is 7.10. The van der Waals surface area contributed by atoms with Gasteiger partial charge in [-0.25, -0.2) is 4.79 Å². The van der Waals surface area contributed by atoms with E-state index in [-0.39, 0.29) is 25.0 Å². The summed E-state index contributed by atoms with van der Waals surface area (Å²) >= 11 is 0. The van der Waals surface area contributed by atoms with Gasteiger partial charge in [0, 0.05) is 12.6 Å². The van der Waals surface area contributed by atoms with Gasteiger partial charge in [0.05, 0.1) is 6.42 Å². The van der Waals surface area contributed by atoms with E-state index in [2.05, 4.69) is 17.2 Å². The molecule has 1 unspecified atom stereocenters. The van der Waals surface area contributed by atoms with Crippen molar-refractivity contribution in [1.82, 2.24) is 10.6 Å². The van der Waals surface area contributed by atoms with Crippen molar-refractivity contribution in [2.75, 3.05) is 6.54 Å². The monoisotopic (exact) mass is 214 g/mol. The van der Waals surface area contributed by atoms with Gasteiger partial charge in [-0.1, -0.05) is 13.0 Å². The zero-order valence-electron chi connectivity index (χ0n) is 8.95. The largest absolute Gasteiger partial charge is 0.481 e. The molecule has 0 aromatic rings. The van der Waals surface area contributed by atoms with Crippen molar-refractivity contribution in [2.45, 2.75) is 32.2 Å². The van der Waals surface area contributed by atoms with Crippen LogP contribution in [0.3, 0.4) is 0 Å². The van der Waals surface area contributed by atoms with Crippen LogP contribution in [0.15, 0.2) is 12.7 Å². The third-order valence-electron chi connectivity index (χ3n) is 1.90. The highest BCUT2D eigenvalue weighted by Crippen LogP contribution is 1.97. The highest BCUT2D eigenvalue weighted by atomic mass is 16.4. The number of hydrogen-bond acceptors (Lipinski definition) is 2. The first-order valence-corrected chi connectivity index (χ1v) is 4.97. The summed E-state index contributed by atoms with van der Waals surface area (Å²) in [6, 6.07) is -0.266. The summed E-state index contributed by atoms with van der Waals surface area (Å²) in [4.78, 5) is 21.4. The molecular weight excluding hydrogens is 196 g/mol. The number of nitrogens with one attached hydrogen (secondary N) is 2. The van der Waals surface area contributed by atoms with E-state index in [0.29, 0.717) is 6.42 Å². The van der Waals surface area contributed by atoms with Gasteiger partial charge < -0.3 is 15.7 Å². The SMILES string of the molecule is C=CCC(CC)NC(=O)NCCC(=O)O. The fourth-order valence-corrected chi connectivity index (χ4v) is 1.05. The van der Waals surface area contributed by atoms with Crippen LogP contribution in [0.4, 0.5) is 4.79 Å². The smallest absolute Gasteiger partial charge is 0.315 e. The van der Waals surface area contributed by atoms with Gasteiger partial charge in [-0.15, -0.1) is 6.58 Å². The van der Waals surface area contributed by atoms with Crippen molar-refractivity contribution in [3.05, 3.63) is 12.7 Å². The minimum Gasteiger partial charge on any atom is -0.481 e. The van der Waals surface area contributed by atoms with Crippen LogP contribution in [0.1, 0.15) is 26.2 Å². The molecule has 0 aromatic heterocycles. The Hall–Kier alpha value is -1.52. The molecule has 0 spiro atoms. The van der Waals surface area contributed by atoms with E-state index in [4.69, 9.17) is 5.11 Å². The summed E-state index contributed by atoms with van der Waals surface area (Å²) in [5, 5.41) is 13.6. The zero-order chi connectivity index (χ0) is 11.7. The van der Waals surface area contributed by atoms with Gasteiger partial charge in [-0.2, -0.15) is 0 Å². The minimum atomic E-state index is -0.923. The van der Waals surface area contributed by atoms with Crippen LogP contribution in [0.25, 0.3) is 0 Å². The lowest BCUT2D eigenvalue weighted by atomic mass is 10.1. The summed E-state index contributed by atoms with van der Waals surface area (Å²) in [5.74, 6) is -0.923. The van der Waals surface area contributed by atoms with Gasteiger partial charge in [-0.05, 0) is 12.8 Å². The predicted molar refractivity (Wildman–Crippen MR) is 57.7 cm³/mol. The lowest BCUT2D eigenvalue weighted by Gasteiger charge is -2.15. The molecule has 0 radical (unpaired) electrons. The average molecular weight is 214 g/mol. The van der Waals surface area contributed by atoms with Crippen LogP contribution < -0.4 is 10.6 Å². The molecular formula is C10H18N2O3.